The predicted octanol–water partition coefficient (Wildman–Crippen LogP) is 0.810. The summed E-state index contributed by atoms with van der Waals surface area (Å²) in [5, 5.41) is 31.7. The molecule has 0 bridgehead atoms. The zero-order chi connectivity index (χ0) is 28.3. The second-order valence-electron chi connectivity index (χ2n) is 10.3. The normalized spacial score (nSPS) is 17.3. The Kier molecular flexibility index (Phi) is 10.9. The van der Waals surface area contributed by atoms with E-state index in [1.807, 2.05) is 48.5 Å². The summed E-state index contributed by atoms with van der Waals surface area (Å²) < 4.78 is 11.0. The van der Waals surface area contributed by atoms with E-state index in [9.17, 15) is 24.9 Å². The van der Waals surface area contributed by atoms with Crippen molar-refractivity contribution in [3.63, 3.8) is 0 Å². The van der Waals surface area contributed by atoms with Crippen LogP contribution in [-0.2, 0) is 27.2 Å². The van der Waals surface area contributed by atoms with Crippen LogP contribution in [0.3, 0.4) is 0 Å². The summed E-state index contributed by atoms with van der Waals surface area (Å²) in [5.41, 5.74) is 1.83. The van der Waals surface area contributed by atoms with Gasteiger partial charge < -0.3 is 29.7 Å². The van der Waals surface area contributed by atoms with Crippen LogP contribution in [0, 0.1) is 17.2 Å². The Morgan fingerprint density at radius 2 is 1.80 bits per heavy atom. The van der Waals surface area contributed by atoms with Crippen molar-refractivity contribution in [3.8, 4) is 11.8 Å². The number of ether oxygens (including phenoxy) is 2. The van der Waals surface area contributed by atoms with Gasteiger partial charge in [-0.2, -0.15) is 5.26 Å². The van der Waals surface area contributed by atoms with Crippen molar-refractivity contribution in [2.45, 2.75) is 37.7 Å². The SMILES string of the molecule is N#CC(CCc1cccc(OCCC(=O)N[C@@H](Cc2ccccc2)B(O)O)c1)C(=O)N1CCN(C2COC2)CC1. The average Bonchev–Trinajstić information content (AvgIpc) is 2.93. The number of rotatable bonds is 13. The number of nitrogens with zero attached hydrogens (tertiary/aromatic N) is 3. The number of carbonyl (C=O) groups excluding carboxylic acids is 2. The van der Waals surface area contributed by atoms with Gasteiger partial charge in [0.2, 0.25) is 11.8 Å². The van der Waals surface area contributed by atoms with E-state index in [1.54, 1.807) is 11.0 Å². The van der Waals surface area contributed by atoms with Crippen LogP contribution in [0.5, 0.6) is 5.75 Å². The Balaban J connectivity index is 1.19. The maximum Gasteiger partial charge on any atom is 0.475 e. The summed E-state index contributed by atoms with van der Waals surface area (Å²) in [5.74, 6) is -1.39. The summed E-state index contributed by atoms with van der Waals surface area (Å²) in [7, 11) is -1.68. The van der Waals surface area contributed by atoms with Crippen molar-refractivity contribution < 1.29 is 29.1 Å². The Labute approximate surface area is 235 Å². The molecule has 2 aliphatic rings. The quantitative estimate of drug-likeness (QED) is 0.313. The molecule has 2 fully saturated rings. The van der Waals surface area contributed by atoms with Gasteiger partial charge in [-0.1, -0.05) is 42.5 Å². The number of aryl methyl sites for hydroxylation is 1. The lowest BCUT2D eigenvalue weighted by Crippen LogP contribution is -2.58. The lowest BCUT2D eigenvalue weighted by atomic mass is 9.76. The number of nitriles is 1. The van der Waals surface area contributed by atoms with Crippen molar-refractivity contribution in [1.29, 1.82) is 5.26 Å². The second kappa shape index (κ2) is 14.8. The molecule has 0 saturated carbocycles. The first-order chi connectivity index (χ1) is 19.4. The smallest absolute Gasteiger partial charge is 0.475 e. The number of piperazine rings is 1. The highest BCUT2D eigenvalue weighted by molar-refractivity contribution is 6.43. The minimum atomic E-state index is -1.68. The van der Waals surface area contributed by atoms with Gasteiger partial charge in [0.05, 0.1) is 44.3 Å². The average molecular weight is 548 g/mol. The summed E-state index contributed by atoms with van der Waals surface area (Å²) in [6.07, 6.45) is 1.32. The largest absolute Gasteiger partial charge is 0.493 e. The van der Waals surface area contributed by atoms with Crippen molar-refractivity contribution in [2.75, 3.05) is 46.0 Å². The van der Waals surface area contributed by atoms with Crippen molar-refractivity contribution in [3.05, 3.63) is 65.7 Å². The molecule has 10 nitrogen and oxygen atoms in total. The molecule has 2 aliphatic heterocycles. The van der Waals surface area contributed by atoms with Gasteiger partial charge in [0.1, 0.15) is 11.7 Å². The molecule has 212 valence electrons. The van der Waals surface area contributed by atoms with Crippen LogP contribution in [0.1, 0.15) is 24.0 Å². The van der Waals surface area contributed by atoms with Crippen LogP contribution in [0.2, 0.25) is 0 Å². The molecule has 0 aliphatic carbocycles. The zero-order valence-electron chi connectivity index (χ0n) is 22.7. The molecular formula is C29H37BN4O6. The predicted molar refractivity (Wildman–Crippen MR) is 149 cm³/mol. The van der Waals surface area contributed by atoms with E-state index >= 15 is 0 Å². The fraction of sp³-hybridized carbons (Fsp3) is 0.483. The molecule has 1 unspecified atom stereocenters. The third kappa shape index (κ3) is 8.54. The molecule has 2 aromatic carbocycles. The molecule has 2 atom stereocenters. The highest BCUT2D eigenvalue weighted by Gasteiger charge is 2.32. The van der Waals surface area contributed by atoms with Gasteiger partial charge >= 0.3 is 7.12 Å². The van der Waals surface area contributed by atoms with Crippen LogP contribution < -0.4 is 10.1 Å². The molecule has 40 heavy (non-hydrogen) atoms. The van der Waals surface area contributed by atoms with Gasteiger partial charge in [-0.05, 0) is 42.5 Å². The molecule has 0 aromatic heterocycles. The van der Waals surface area contributed by atoms with E-state index in [1.165, 1.54) is 0 Å². The Bertz CT molecular complexity index is 1150. The lowest BCUT2D eigenvalue weighted by Gasteiger charge is -2.42. The van der Waals surface area contributed by atoms with Crippen LogP contribution in [0.15, 0.2) is 54.6 Å². The first-order valence-electron chi connectivity index (χ1n) is 13.8. The van der Waals surface area contributed by atoms with E-state index in [4.69, 9.17) is 9.47 Å². The number of hydrogen-bond acceptors (Lipinski definition) is 8. The maximum atomic E-state index is 13.0. The van der Waals surface area contributed by atoms with Crippen LogP contribution in [0.25, 0.3) is 0 Å². The molecule has 2 aromatic rings. The van der Waals surface area contributed by atoms with Crippen LogP contribution >= 0.6 is 0 Å². The van der Waals surface area contributed by atoms with Crippen LogP contribution in [0.4, 0.5) is 0 Å². The van der Waals surface area contributed by atoms with Crippen molar-refractivity contribution in [1.82, 2.24) is 15.1 Å². The topological polar surface area (TPSA) is 135 Å². The first kappa shape index (κ1) is 29.6. The number of benzene rings is 2. The van der Waals surface area contributed by atoms with Crippen LogP contribution in [-0.4, -0.2) is 96.8 Å². The summed E-state index contributed by atoms with van der Waals surface area (Å²) in [6.45, 7) is 4.52. The number of amides is 2. The minimum absolute atomic E-state index is 0.0499. The highest BCUT2D eigenvalue weighted by Crippen LogP contribution is 2.20. The third-order valence-corrected chi connectivity index (χ3v) is 7.44. The molecular weight excluding hydrogens is 511 g/mol. The molecule has 2 amide bonds. The number of hydrogen-bond donors (Lipinski definition) is 3. The minimum Gasteiger partial charge on any atom is -0.493 e. The van der Waals surface area contributed by atoms with E-state index in [-0.39, 0.29) is 24.8 Å². The number of nitrogens with one attached hydrogen (secondary N) is 1. The zero-order valence-corrected chi connectivity index (χ0v) is 22.7. The first-order valence-corrected chi connectivity index (χ1v) is 13.8. The lowest BCUT2D eigenvalue weighted by molar-refractivity contribution is -0.138. The maximum absolute atomic E-state index is 13.0. The van der Waals surface area contributed by atoms with E-state index < -0.39 is 19.0 Å². The van der Waals surface area contributed by atoms with Crippen molar-refractivity contribution >= 4 is 18.9 Å². The Hall–Kier alpha value is -3.43. The van der Waals surface area contributed by atoms with Crippen molar-refractivity contribution in [2.24, 2.45) is 5.92 Å². The summed E-state index contributed by atoms with van der Waals surface area (Å²) in [4.78, 5) is 29.5. The molecule has 0 spiro atoms. The second-order valence-corrected chi connectivity index (χ2v) is 10.3. The van der Waals surface area contributed by atoms with Gasteiger partial charge in [-0.3, -0.25) is 14.5 Å². The third-order valence-electron chi connectivity index (χ3n) is 7.44. The van der Waals surface area contributed by atoms with E-state index in [2.05, 4.69) is 16.3 Å². The molecule has 4 rings (SSSR count). The number of carbonyl (C=O) groups is 2. The molecule has 11 heteroatoms. The van der Waals surface area contributed by atoms with Gasteiger partial charge in [0, 0.05) is 26.2 Å². The Morgan fingerprint density at radius 3 is 2.45 bits per heavy atom. The van der Waals surface area contributed by atoms with E-state index in [0.717, 1.165) is 37.4 Å². The molecule has 3 N–H and O–H groups in total. The highest BCUT2D eigenvalue weighted by atomic mass is 16.5. The fourth-order valence-electron chi connectivity index (χ4n) is 4.95. The fourth-order valence-corrected chi connectivity index (χ4v) is 4.95. The van der Waals surface area contributed by atoms with E-state index in [0.29, 0.717) is 44.1 Å². The molecule has 2 heterocycles. The summed E-state index contributed by atoms with van der Waals surface area (Å²) >= 11 is 0. The monoisotopic (exact) mass is 548 g/mol. The van der Waals surface area contributed by atoms with Gasteiger partial charge in [0.25, 0.3) is 0 Å². The summed E-state index contributed by atoms with van der Waals surface area (Å²) in [6, 6.07) is 19.4. The van der Waals surface area contributed by atoms with Gasteiger partial charge in [0.15, 0.2) is 0 Å². The molecule has 0 radical (unpaired) electrons. The van der Waals surface area contributed by atoms with Gasteiger partial charge in [-0.15, -0.1) is 0 Å². The Morgan fingerprint density at radius 1 is 1.07 bits per heavy atom. The standard InChI is InChI=1S/C29H37BN4O6/c31-19-24(29(36)34-14-12-33(13-15-34)25-20-39-21-25)10-9-23-7-4-8-26(17-23)40-16-11-28(35)32-27(30(37)38)18-22-5-2-1-3-6-22/h1-8,17,24-25,27,37-38H,9-16,18,20-21H2,(H,32,35)/t24?,27-/m0/s1. The van der Waals surface area contributed by atoms with Gasteiger partial charge in [-0.25, -0.2) is 0 Å². The molecule has 2 saturated heterocycles.